The van der Waals surface area contributed by atoms with E-state index in [0.717, 1.165) is 16.8 Å². The minimum atomic E-state index is -3.91. The van der Waals surface area contributed by atoms with Crippen molar-refractivity contribution in [1.29, 1.82) is 0 Å². The lowest BCUT2D eigenvalue weighted by Gasteiger charge is -2.43. The molecule has 3 heterocycles. The van der Waals surface area contributed by atoms with E-state index in [1.165, 1.54) is 41.9 Å². The molecule has 5 rings (SSSR count). The Hall–Kier alpha value is -3.08. The van der Waals surface area contributed by atoms with E-state index in [-0.39, 0.29) is 35.4 Å². The number of rotatable bonds is 4. The molecule has 3 aromatic rings. The van der Waals surface area contributed by atoms with Gasteiger partial charge in [-0.05, 0) is 66.5 Å². The number of halogens is 2. The number of fused-ring (bicyclic) bond motifs is 2. The number of esters is 1. The molecule has 1 aliphatic heterocycles. The molecular formula is C23H20ClFN4O4S. The van der Waals surface area contributed by atoms with E-state index in [4.69, 9.17) is 16.3 Å². The maximum Gasteiger partial charge on any atom is 0.317 e. The number of aromatic nitrogens is 3. The van der Waals surface area contributed by atoms with Crippen LogP contribution in [0.3, 0.4) is 0 Å². The zero-order valence-corrected chi connectivity index (χ0v) is 19.7. The second-order valence-corrected chi connectivity index (χ2v) is 10.6. The van der Waals surface area contributed by atoms with Crippen LogP contribution in [0.25, 0.3) is 11.8 Å². The lowest BCUT2D eigenvalue weighted by Crippen LogP contribution is -2.53. The molecular weight excluding hydrogens is 483 g/mol. The van der Waals surface area contributed by atoms with Gasteiger partial charge in [-0.2, -0.15) is 9.40 Å². The molecule has 0 unspecified atom stereocenters. The highest BCUT2D eigenvalue weighted by Crippen LogP contribution is 2.46. The molecule has 0 N–H and O–H groups in total. The normalized spacial score (nSPS) is 20.3. The summed E-state index contributed by atoms with van der Waals surface area (Å²) in [5.41, 5.74) is 1.82. The van der Waals surface area contributed by atoms with Gasteiger partial charge in [0, 0.05) is 19.3 Å². The number of methoxy groups -OCH3 is 1. The number of sulfonamides is 1. The van der Waals surface area contributed by atoms with Crippen molar-refractivity contribution in [2.45, 2.75) is 17.7 Å². The lowest BCUT2D eigenvalue weighted by molar-refractivity contribution is -0.151. The van der Waals surface area contributed by atoms with E-state index >= 15 is 0 Å². The van der Waals surface area contributed by atoms with Gasteiger partial charge in [0.1, 0.15) is 21.3 Å². The fraction of sp³-hybridized carbons (Fsp3) is 0.261. The predicted molar refractivity (Wildman–Crippen MR) is 122 cm³/mol. The first-order valence-electron chi connectivity index (χ1n) is 10.5. The van der Waals surface area contributed by atoms with Crippen molar-refractivity contribution in [2.75, 3.05) is 20.2 Å². The number of benzene rings is 1. The van der Waals surface area contributed by atoms with Crippen molar-refractivity contribution < 1.29 is 22.3 Å². The summed E-state index contributed by atoms with van der Waals surface area (Å²) in [5, 5.41) is 4.63. The van der Waals surface area contributed by atoms with Crippen molar-refractivity contribution in [2.24, 2.45) is 5.41 Å². The second kappa shape index (κ2) is 8.30. The van der Waals surface area contributed by atoms with Gasteiger partial charge in [-0.3, -0.25) is 4.79 Å². The topological polar surface area (TPSA) is 94.4 Å². The minimum Gasteiger partial charge on any atom is -0.468 e. The lowest BCUT2D eigenvalue weighted by atomic mass is 9.69. The number of carbonyl (C=O) groups is 1. The van der Waals surface area contributed by atoms with Gasteiger partial charge in [0.2, 0.25) is 10.0 Å². The van der Waals surface area contributed by atoms with Gasteiger partial charge >= 0.3 is 5.97 Å². The maximum absolute atomic E-state index is 13.4. The van der Waals surface area contributed by atoms with E-state index in [1.54, 1.807) is 23.0 Å². The summed E-state index contributed by atoms with van der Waals surface area (Å²) >= 11 is 5.81. The molecule has 0 bridgehead atoms. The zero-order chi connectivity index (χ0) is 24.1. The highest BCUT2D eigenvalue weighted by Gasteiger charge is 2.51. The van der Waals surface area contributed by atoms with Crippen LogP contribution in [0.15, 0.2) is 59.3 Å². The molecule has 0 spiro atoms. The molecule has 2 aromatic heterocycles. The summed E-state index contributed by atoms with van der Waals surface area (Å²) in [6.45, 7) is 0.118. The molecule has 0 radical (unpaired) electrons. The monoisotopic (exact) mass is 502 g/mol. The average molecular weight is 503 g/mol. The number of hydrogen-bond donors (Lipinski definition) is 0. The van der Waals surface area contributed by atoms with Crippen molar-refractivity contribution >= 4 is 33.7 Å². The van der Waals surface area contributed by atoms with Crippen molar-refractivity contribution in [3.8, 4) is 5.69 Å². The zero-order valence-electron chi connectivity index (χ0n) is 18.1. The molecule has 1 fully saturated rings. The van der Waals surface area contributed by atoms with E-state index in [0.29, 0.717) is 12.1 Å². The smallest absolute Gasteiger partial charge is 0.317 e. The van der Waals surface area contributed by atoms with Crippen LogP contribution in [0.4, 0.5) is 4.39 Å². The molecule has 8 nitrogen and oxygen atoms in total. The Kier molecular flexibility index (Phi) is 5.54. The first kappa shape index (κ1) is 22.7. The summed E-state index contributed by atoms with van der Waals surface area (Å²) in [4.78, 5) is 17.0. The van der Waals surface area contributed by atoms with Crippen molar-refractivity contribution in [3.05, 3.63) is 76.6 Å². The summed E-state index contributed by atoms with van der Waals surface area (Å²) in [7, 11) is -2.61. The highest BCUT2D eigenvalue weighted by atomic mass is 35.5. The third kappa shape index (κ3) is 3.62. The Morgan fingerprint density at radius 3 is 2.62 bits per heavy atom. The minimum absolute atomic E-state index is 0.00460. The van der Waals surface area contributed by atoms with Gasteiger partial charge < -0.3 is 4.74 Å². The van der Waals surface area contributed by atoms with E-state index < -0.39 is 21.4 Å². The Bertz CT molecular complexity index is 1400. The quantitative estimate of drug-likeness (QED) is 0.401. The van der Waals surface area contributed by atoms with Crippen LogP contribution in [-0.4, -0.2) is 53.7 Å². The van der Waals surface area contributed by atoms with E-state index in [2.05, 4.69) is 10.1 Å². The average Bonchev–Trinajstić information content (AvgIpc) is 3.24. The van der Waals surface area contributed by atoms with Crippen molar-refractivity contribution in [1.82, 2.24) is 19.1 Å². The molecule has 176 valence electrons. The number of nitrogens with zero attached hydrogens (tertiary/aromatic N) is 4. The molecule has 0 amide bonds. The Balaban J connectivity index is 1.54. The van der Waals surface area contributed by atoms with Crippen molar-refractivity contribution in [3.63, 3.8) is 0 Å². The number of hydrogen-bond acceptors (Lipinski definition) is 6. The first-order valence-corrected chi connectivity index (χ1v) is 12.3. The SMILES string of the molecule is COC(=O)[C@]12Cc3cnn(-c4ccc(F)cc4)c3C=C1CCN(S(=O)(=O)c1ccc(Cl)nc1)C2. The third-order valence-corrected chi connectivity index (χ3v) is 8.42. The fourth-order valence-corrected chi connectivity index (χ4v) is 6.20. The fourth-order valence-electron chi connectivity index (χ4n) is 4.64. The van der Waals surface area contributed by atoms with E-state index in [1.807, 2.05) is 6.08 Å². The first-order chi connectivity index (χ1) is 16.2. The van der Waals surface area contributed by atoms with Crippen LogP contribution in [0.1, 0.15) is 17.7 Å². The van der Waals surface area contributed by atoms with Crippen LogP contribution >= 0.6 is 11.6 Å². The molecule has 2 aliphatic rings. The molecule has 1 saturated heterocycles. The molecule has 1 aliphatic carbocycles. The Morgan fingerprint density at radius 1 is 1.18 bits per heavy atom. The summed E-state index contributed by atoms with van der Waals surface area (Å²) in [6, 6.07) is 8.76. The van der Waals surface area contributed by atoms with Gasteiger partial charge in [-0.25, -0.2) is 22.5 Å². The molecule has 1 atom stereocenters. The Morgan fingerprint density at radius 2 is 1.94 bits per heavy atom. The standard InChI is InChI=1S/C23H20ClFN4O4S/c1-33-22(30)23-11-15-12-27-29(18-4-2-17(25)3-5-18)20(15)10-16(23)8-9-28(14-23)34(31,32)19-6-7-21(24)26-13-19/h2-7,10,12-13H,8-9,11,14H2,1H3/t23-/m0/s1. The molecule has 34 heavy (non-hydrogen) atoms. The summed E-state index contributed by atoms with van der Waals surface area (Å²) in [5.74, 6) is -0.856. The van der Waals surface area contributed by atoms with Crippen LogP contribution in [0.2, 0.25) is 5.15 Å². The number of pyridine rings is 1. The van der Waals surface area contributed by atoms with Gasteiger partial charge in [0.15, 0.2) is 0 Å². The van der Waals surface area contributed by atoms with Crippen LogP contribution < -0.4 is 0 Å². The van der Waals surface area contributed by atoms with Crippen LogP contribution in [0, 0.1) is 11.2 Å². The Labute approximate surface area is 200 Å². The van der Waals surface area contributed by atoms with Crippen LogP contribution in [-0.2, 0) is 26.0 Å². The third-order valence-electron chi connectivity index (χ3n) is 6.37. The van der Waals surface area contributed by atoms with Gasteiger partial charge in [0.05, 0.1) is 24.7 Å². The van der Waals surface area contributed by atoms with Gasteiger partial charge in [-0.15, -0.1) is 0 Å². The van der Waals surface area contributed by atoms with Crippen LogP contribution in [0.5, 0.6) is 0 Å². The number of piperidine rings is 1. The molecule has 0 saturated carbocycles. The van der Waals surface area contributed by atoms with Gasteiger partial charge in [0.25, 0.3) is 0 Å². The second-order valence-electron chi connectivity index (χ2n) is 8.27. The summed E-state index contributed by atoms with van der Waals surface area (Å²) in [6.07, 6.45) is 5.29. The number of carbonyl (C=O) groups excluding carboxylic acids is 1. The summed E-state index contributed by atoms with van der Waals surface area (Å²) < 4.78 is 48.1. The predicted octanol–water partition coefficient (Wildman–Crippen LogP) is 3.25. The molecule has 1 aromatic carbocycles. The maximum atomic E-state index is 13.4. The highest BCUT2D eigenvalue weighted by molar-refractivity contribution is 7.89. The largest absolute Gasteiger partial charge is 0.468 e. The number of ether oxygens (including phenoxy) is 1. The molecule has 11 heteroatoms. The van der Waals surface area contributed by atoms with E-state index in [9.17, 15) is 17.6 Å². The van der Waals surface area contributed by atoms with Gasteiger partial charge in [-0.1, -0.05) is 11.6 Å².